The van der Waals surface area contributed by atoms with Gasteiger partial charge in [-0.3, -0.25) is 4.79 Å². The smallest absolute Gasteiger partial charge is 0.236 e. The summed E-state index contributed by atoms with van der Waals surface area (Å²) < 4.78 is 0. The molecule has 0 rings (SSSR count). The highest BCUT2D eigenvalue weighted by atomic mass is 16.2. The molecule has 2 N–H and O–H groups in total. The lowest BCUT2D eigenvalue weighted by molar-refractivity contribution is -0.123. The molecule has 1 atom stereocenters. The van der Waals surface area contributed by atoms with E-state index in [9.17, 15) is 4.79 Å². The second-order valence-corrected chi connectivity index (χ2v) is 4.78. The number of nitrogens with one attached hydrogen (secondary N) is 2. The van der Waals surface area contributed by atoms with E-state index in [1.165, 1.54) is 0 Å². The molecule has 0 bridgehead atoms. The molecule has 0 radical (unpaired) electrons. The molecule has 0 fully saturated rings. The predicted octanol–water partition coefficient (Wildman–Crippen LogP) is 2.46. The van der Waals surface area contributed by atoms with Gasteiger partial charge >= 0.3 is 0 Å². The first-order valence-electron chi connectivity index (χ1n) is 6.54. The van der Waals surface area contributed by atoms with Crippen molar-refractivity contribution in [1.82, 2.24) is 10.6 Å². The molecule has 0 aromatic rings. The molecule has 1 unspecified atom stereocenters. The molecule has 0 spiro atoms. The standard InChI is InChI=1S/C13H28N2O/c1-6-9-10-14-12(16)11(4)15-13(5,7-2)8-3/h11,15H,6-10H2,1-5H3,(H,14,16). The van der Waals surface area contributed by atoms with E-state index in [0.29, 0.717) is 0 Å². The summed E-state index contributed by atoms with van der Waals surface area (Å²) in [6.07, 6.45) is 4.24. The number of hydrogen-bond donors (Lipinski definition) is 2. The zero-order valence-corrected chi connectivity index (χ0v) is 11.5. The van der Waals surface area contributed by atoms with Crippen molar-refractivity contribution < 1.29 is 4.79 Å². The molecule has 3 nitrogen and oxygen atoms in total. The minimum atomic E-state index is -0.109. The van der Waals surface area contributed by atoms with E-state index in [2.05, 4.69) is 38.3 Å². The molecule has 16 heavy (non-hydrogen) atoms. The Morgan fingerprint density at radius 3 is 2.25 bits per heavy atom. The van der Waals surface area contributed by atoms with Crippen molar-refractivity contribution in [2.75, 3.05) is 6.54 Å². The zero-order valence-electron chi connectivity index (χ0n) is 11.5. The van der Waals surface area contributed by atoms with Crippen LogP contribution in [0.4, 0.5) is 0 Å². The van der Waals surface area contributed by atoms with Gasteiger partial charge < -0.3 is 10.6 Å². The Bertz CT molecular complexity index is 200. The van der Waals surface area contributed by atoms with Gasteiger partial charge in [0.25, 0.3) is 0 Å². The normalized spacial score (nSPS) is 13.6. The fourth-order valence-corrected chi connectivity index (χ4v) is 1.58. The van der Waals surface area contributed by atoms with Gasteiger partial charge in [-0.2, -0.15) is 0 Å². The van der Waals surface area contributed by atoms with Crippen LogP contribution in [0.2, 0.25) is 0 Å². The molecule has 96 valence electrons. The lowest BCUT2D eigenvalue weighted by Gasteiger charge is -2.31. The van der Waals surface area contributed by atoms with E-state index in [4.69, 9.17) is 0 Å². The molecule has 0 aliphatic carbocycles. The number of carbonyl (C=O) groups excluding carboxylic acids is 1. The minimum absolute atomic E-state index is 0.0709. The van der Waals surface area contributed by atoms with Crippen LogP contribution < -0.4 is 10.6 Å². The van der Waals surface area contributed by atoms with Crippen molar-refractivity contribution in [3.05, 3.63) is 0 Å². The first-order chi connectivity index (χ1) is 7.49. The Balaban J connectivity index is 4.03. The molecule has 0 aliphatic rings. The third-order valence-corrected chi connectivity index (χ3v) is 3.35. The van der Waals surface area contributed by atoms with Gasteiger partial charge in [0.1, 0.15) is 0 Å². The Morgan fingerprint density at radius 2 is 1.81 bits per heavy atom. The van der Waals surface area contributed by atoms with Crippen LogP contribution in [0.3, 0.4) is 0 Å². The van der Waals surface area contributed by atoms with Crippen LogP contribution in [0.1, 0.15) is 60.3 Å². The maximum absolute atomic E-state index is 11.8. The predicted molar refractivity (Wildman–Crippen MR) is 69.5 cm³/mol. The summed E-state index contributed by atoms with van der Waals surface area (Å²) in [5.74, 6) is 0.113. The second kappa shape index (κ2) is 7.66. The number of carbonyl (C=O) groups is 1. The molecule has 0 aromatic heterocycles. The highest BCUT2D eigenvalue weighted by Crippen LogP contribution is 2.14. The van der Waals surface area contributed by atoms with Crippen LogP contribution in [-0.2, 0) is 4.79 Å². The Hall–Kier alpha value is -0.570. The lowest BCUT2D eigenvalue weighted by atomic mass is 9.94. The van der Waals surface area contributed by atoms with Crippen molar-refractivity contribution in [3.63, 3.8) is 0 Å². The Kier molecular flexibility index (Phi) is 7.39. The SMILES string of the molecule is CCCCNC(=O)C(C)NC(C)(CC)CC. The summed E-state index contributed by atoms with van der Waals surface area (Å²) in [6.45, 7) is 11.3. The third kappa shape index (κ3) is 5.50. The van der Waals surface area contributed by atoms with E-state index in [1.807, 2.05) is 6.92 Å². The minimum Gasteiger partial charge on any atom is -0.355 e. The number of rotatable bonds is 8. The Morgan fingerprint density at radius 1 is 1.25 bits per heavy atom. The molecule has 0 aromatic carbocycles. The summed E-state index contributed by atoms with van der Waals surface area (Å²) >= 11 is 0. The van der Waals surface area contributed by atoms with Gasteiger partial charge in [0.15, 0.2) is 0 Å². The van der Waals surface area contributed by atoms with E-state index in [0.717, 1.165) is 32.2 Å². The fraction of sp³-hybridized carbons (Fsp3) is 0.923. The summed E-state index contributed by atoms with van der Waals surface area (Å²) in [7, 11) is 0. The summed E-state index contributed by atoms with van der Waals surface area (Å²) in [6, 6.07) is -0.109. The van der Waals surface area contributed by atoms with Crippen LogP contribution in [0.15, 0.2) is 0 Å². The van der Waals surface area contributed by atoms with E-state index in [-0.39, 0.29) is 17.5 Å². The summed E-state index contributed by atoms with van der Waals surface area (Å²) in [4.78, 5) is 11.8. The van der Waals surface area contributed by atoms with Gasteiger partial charge in [-0.15, -0.1) is 0 Å². The van der Waals surface area contributed by atoms with Gasteiger partial charge in [-0.25, -0.2) is 0 Å². The van der Waals surface area contributed by atoms with Crippen LogP contribution >= 0.6 is 0 Å². The lowest BCUT2D eigenvalue weighted by Crippen LogP contribution is -2.52. The highest BCUT2D eigenvalue weighted by molar-refractivity contribution is 5.81. The molecule has 0 saturated heterocycles. The Labute approximate surface area is 100 Å². The molecule has 0 aliphatic heterocycles. The average molecular weight is 228 g/mol. The van der Waals surface area contributed by atoms with Crippen LogP contribution in [0.25, 0.3) is 0 Å². The van der Waals surface area contributed by atoms with Gasteiger partial charge in [-0.1, -0.05) is 27.2 Å². The number of unbranched alkanes of at least 4 members (excludes halogenated alkanes) is 1. The maximum Gasteiger partial charge on any atom is 0.236 e. The second-order valence-electron chi connectivity index (χ2n) is 4.78. The quantitative estimate of drug-likeness (QED) is 0.627. The van der Waals surface area contributed by atoms with E-state index >= 15 is 0 Å². The summed E-state index contributed by atoms with van der Waals surface area (Å²) in [5, 5.41) is 6.36. The monoisotopic (exact) mass is 228 g/mol. The number of hydrogen-bond acceptors (Lipinski definition) is 2. The molecular formula is C13H28N2O. The first-order valence-corrected chi connectivity index (χ1v) is 6.54. The van der Waals surface area contributed by atoms with Crippen molar-refractivity contribution in [1.29, 1.82) is 0 Å². The third-order valence-electron chi connectivity index (χ3n) is 3.35. The molecule has 0 heterocycles. The topological polar surface area (TPSA) is 41.1 Å². The maximum atomic E-state index is 11.8. The highest BCUT2D eigenvalue weighted by Gasteiger charge is 2.24. The molecule has 0 saturated carbocycles. The van der Waals surface area contributed by atoms with Crippen LogP contribution in [0, 0.1) is 0 Å². The van der Waals surface area contributed by atoms with Crippen molar-refractivity contribution in [2.45, 2.75) is 71.9 Å². The summed E-state index contributed by atoms with van der Waals surface area (Å²) in [5.41, 5.74) is 0.0709. The van der Waals surface area contributed by atoms with Crippen molar-refractivity contribution in [3.8, 4) is 0 Å². The van der Waals surface area contributed by atoms with Crippen LogP contribution in [-0.4, -0.2) is 24.0 Å². The molecular weight excluding hydrogens is 200 g/mol. The first kappa shape index (κ1) is 15.4. The number of amides is 1. The van der Waals surface area contributed by atoms with Gasteiger partial charge in [0.05, 0.1) is 6.04 Å². The van der Waals surface area contributed by atoms with Crippen molar-refractivity contribution in [2.24, 2.45) is 0 Å². The fourth-order valence-electron chi connectivity index (χ4n) is 1.58. The van der Waals surface area contributed by atoms with Crippen LogP contribution in [0.5, 0.6) is 0 Å². The molecule has 1 amide bonds. The van der Waals surface area contributed by atoms with Crippen molar-refractivity contribution >= 4 is 5.91 Å². The van der Waals surface area contributed by atoms with E-state index in [1.54, 1.807) is 0 Å². The largest absolute Gasteiger partial charge is 0.355 e. The van der Waals surface area contributed by atoms with Gasteiger partial charge in [0.2, 0.25) is 5.91 Å². The van der Waals surface area contributed by atoms with E-state index < -0.39 is 0 Å². The van der Waals surface area contributed by atoms with Gasteiger partial charge in [0, 0.05) is 12.1 Å². The average Bonchev–Trinajstić information content (AvgIpc) is 2.29. The molecule has 3 heteroatoms. The zero-order chi connectivity index (χ0) is 12.6. The van der Waals surface area contributed by atoms with Gasteiger partial charge in [-0.05, 0) is 33.1 Å².